The van der Waals surface area contributed by atoms with Crippen molar-refractivity contribution in [1.29, 1.82) is 0 Å². The minimum atomic E-state index is -0.365. The average Bonchev–Trinajstić information content (AvgIpc) is 2.33. The third kappa shape index (κ3) is 3.78. The smallest absolute Gasteiger partial charge is 0.178 e. The van der Waals surface area contributed by atoms with Crippen molar-refractivity contribution in [2.45, 2.75) is 33.1 Å². The van der Waals surface area contributed by atoms with Gasteiger partial charge in [0, 0.05) is 13.2 Å². The molecule has 0 fully saturated rings. The lowest BCUT2D eigenvalue weighted by Crippen LogP contribution is -2.40. The van der Waals surface area contributed by atoms with E-state index >= 15 is 0 Å². The Morgan fingerprint density at radius 2 is 1.76 bits per heavy atom. The van der Waals surface area contributed by atoms with E-state index in [2.05, 4.69) is 18.4 Å². The second-order valence-electron chi connectivity index (χ2n) is 3.78. The first-order chi connectivity index (χ1) is 8.24. The number of aryl methyl sites for hydroxylation is 1. The summed E-state index contributed by atoms with van der Waals surface area (Å²) in [5, 5.41) is 0. The van der Waals surface area contributed by atoms with Gasteiger partial charge in [-0.1, -0.05) is 24.3 Å². The van der Waals surface area contributed by atoms with Crippen LogP contribution in [0.25, 0.3) is 0 Å². The van der Waals surface area contributed by atoms with Gasteiger partial charge >= 0.3 is 0 Å². The largest absolute Gasteiger partial charge is 0.351 e. The van der Waals surface area contributed by atoms with E-state index in [1.807, 2.05) is 32.0 Å². The first-order valence-corrected chi connectivity index (χ1v) is 5.99. The molecule has 0 bridgehead atoms. The summed E-state index contributed by atoms with van der Waals surface area (Å²) in [6, 6.07) is 7.92. The zero-order valence-corrected chi connectivity index (χ0v) is 10.8. The number of hydrazine groups is 1. The molecule has 1 rings (SSSR count). The molecular formula is C13H22N2O2. The molecule has 4 heteroatoms. The predicted molar refractivity (Wildman–Crippen MR) is 68.3 cm³/mol. The predicted octanol–water partition coefficient (Wildman–Crippen LogP) is 1.90. The van der Waals surface area contributed by atoms with E-state index in [0.717, 1.165) is 5.56 Å². The van der Waals surface area contributed by atoms with Crippen LogP contribution in [-0.4, -0.2) is 19.5 Å². The normalized spacial score (nSPS) is 13.0. The van der Waals surface area contributed by atoms with Crippen molar-refractivity contribution in [2.75, 3.05) is 13.2 Å². The highest BCUT2D eigenvalue weighted by molar-refractivity contribution is 5.29. The van der Waals surface area contributed by atoms with Crippen LogP contribution in [0.1, 0.15) is 31.0 Å². The Morgan fingerprint density at radius 3 is 2.24 bits per heavy atom. The molecule has 0 spiro atoms. The molecule has 0 aliphatic carbocycles. The lowest BCUT2D eigenvalue weighted by atomic mass is 10.0. The standard InChI is InChI=1S/C13H22N2O2/c1-4-16-13(17-5-2)12(15-14)11-9-7-6-8-10(11)3/h6-9,12-13,15H,4-5,14H2,1-3H3. The van der Waals surface area contributed by atoms with Crippen molar-refractivity contribution in [3.63, 3.8) is 0 Å². The van der Waals surface area contributed by atoms with E-state index < -0.39 is 0 Å². The minimum Gasteiger partial charge on any atom is -0.351 e. The van der Waals surface area contributed by atoms with E-state index in [4.69, 9.17) is 15.3 Å². The Kier molecular flexibility index (Phi) is 6.15. The van der Waals surface area contributed by atoms with Crippen LogP contribution >= 0.6 is 0 Å². The maximum atomic E-state index is 5.63. The summed E-state index contributed by atoms with van der Waals surface area (Å²) in [4.78, 5) is 0. The molecule has 0 saturated heterocycles. The number of nitrogens with one attached hydrogen (secondary N) is 1. The molecule has 4 nitrogen and oxygen atoms in total. The van der Waals surface area contributed by atoms with Crippen molar-refractivity contribution < 1.29 is 9.47 Å². The second kappa shape index (κ2) is 7.40. The Morgan fingerprint density at radius 1 is 1.18 bits per heavy atom. The Balaban J connectivity index is 2.91. The van der Waals surface area contributed by atoms with E-state index in [9.17, 15) is 0 Å². The zero-order chi connectivity index (χ0) is 12.7. The molecule has 0 heterocycles. The van der Waals surface area contributed by atoms with Gasteiger partial charge in [0.05, 0.1) is 6.04 Å². The number of hydrogen-bond acceptors (Lipinski definition) is 4. The molecule has 1 aromatic rings. The van der Waals surface area contributed by atoms with Crippen LogP contribution in [0.4, 0.5) is 0 Å². The summed E-state index contributed by atoms with van der Waals surface area (Å²) >= 11 is 0. The van der Waals surface area contributed by atoms with Crippen molar-refractivity contribution in [2.24, 2.45) is 5.84 Å². The van der Waals surface area contributed by atoms with Crippen LogP contribution in [0.15, 0.2) is 24.3 Å². The fraction of sp³-hybridized carbons (Fsp3) is 0.538. The Bertz CT molecular complexity index is 325. The van der Waals surface area contributed by atoms with Crippen molar-refractivity contribution in [3.05, 3.63) is 35.4 Å². The van der Waals surface area contributed by atoms with Gasteiger partial charge < -0.3 is 9.47 Å². The molecule has 0 radical (unpaired) electrons. The highest BCUT2D eigenvalue weighted by atomic mass is 16.7. The maximum absolute atomic E-state index is 5.63. The third-order valence-corrected chi connectivity index (χ3v) is 2.64. The van der Waals surface area contributed by atoms with Crippen LogP contribution in [0.5, 0.6) is 0 Å². The lowest BCUT2D eigenvalue weighted by Gasteiger charge is -2.27. The summed E-state index contributed by atoms with van der Waals surface area (Å²) in [5.41, 5.74) is 5.04. The summed E-state index contributed by atoms with van der Waals surface area (Å²) in [6.07, 6.45) is -0.365. The summed E-state index contributed by atoms with van der Waals surface area (Å²) in [7, 11) is 0. The first kappa shape index (κ1) is 14.1. The van der Waals surface area contributed by atoms with Gasteiger partial charge in [-0.25, -0.2) is 5.43 Å². The Labute approximate surface area is 103 Å². The summed E-state index contributed by atoms with van der Waals surface area (Å²) in [6.45, 7) is 7.12. The molecule has 3 N–H and O–H groups in total. The van der Waals surface area contributed by atoms with Gasteiger partial charge in [0.25, 0.3) is 0 Å². The SMILES string of the molecule is CCOC(OCC)C(NN)c1ccccc1C. The first-order valence-electron chi connectivity index (χ1n) is 5.99. The average molecular weight is 238 g/mol. The second-order valence-corrected chi connectivity index (χ2v) is 3.78. The summed E-state index contributed by atoms with van der Waals surface area (Å²) in [5.74, 6) is 5.63. The highest BCUT2D eigenvalue weighted by Crippen LogP contribution is 2.22. The molecule has 1 atom stereocenters. The zero-order valence-electron chi connectivity index (χ0n) is 10.8. The molecule has 0 aliphatic rings. The lowest BCUT2D eigenvalue weighted by molar-refractivity contribution is -0.155. The van der Waals surface area contributed by atoms with E-state index in [0.29, 0.717) is 13.2 Å². The molecule has 0 aromatic heterocycles. The number of rotatable bonds is 7. The third-order valence-electron chi connectivity index (χ3n) is 2.64. The van der Waals surface area contributed by atoms with Gasteiger partial charge in [-0.2, -0.15) is 0 Å². The van der Waals surface area contributed by atoms with Crippen molar-refractivity contribution in [3.8, 4) is 0 Å². The van der Waals surface area contributed by atoms with Crippen LogP contribution in [-0.2, 0) is 9.47 Å². The molecule has 1 unspecified atom stereocenters. The van der Waals surface area contributed by atoms with Crippen molar-refractivity contribution in [1.82, 2.24) is 5.43 Å². The van der Waals surface area contributed by atoms with E-state index in [-0.39, 0.29) is 12.3 Å². The summed E-state index contributed by atoms with van der Waals surface area (Å²) < 4.78 is 11.2. The number of nitrogens with two attached hydrogens (primary N) is 1. The van der Waals surface area contributed by atoms with E-state index in [1.165, 1.54) is 5.56 Å². The van der Waals surface area contributed by atoms with E-state index in [1.54, 1.807) is 0 Å². The van der Waals surface area contributed by atoms with Gasteiger partial charge in [-0.15, -0.1) is 0 Å². The fourth-order valence-corrected chi connectivity index (χ4v) is 1.82. The molecule has 17 heavy (non-hydrogen) atoms. The molecule has 96 valence electrons. The van der Waals surface area contributed by atoms with Crippen LogP contribution in [0, 0.1) is 6.92 Å². The van der Waals surface area contributed by atoms with Gasteiger partial charge in [-0.05, 0) is 31.9 Å². The Hall–Kier alpha value is -0.940. The quantitative estimate of drug-likeness (QED) is 0.433. The minimum absolute atomic E-state index is 0.156. The number of ether oxygens (including phenoxy) is 2. The van der Waals surface area contributed by atoms with Crippen LogP contribution in [0.2, 0.25) is 0 Å². The number of benzene rings is 1. The van der Waals surface area contributed by atoms with Gasteiger partial charge in [0.15, 0.2) is 6.29 Å². The van der Waals surface area contributed by atoms with Gasteiger partial charge in [0.2, 0.25) is 0 Å². The fourth-order valence-electron chi connectivity index (χ4n) is 1.82. The molecule has 1 aromatic carbocycles. The van der Waals surface area contributed by atoms with Crippen LogP contribution < -0.4 is 11.3 Å². The monoisotopic (exact) mass is 238 g/mol. The van der Waals surface area contributed by atoms with Gasteiger partial charge in [0.1, 0.15) is 0 Å². The van der Waals surface area contributed by atoms with Crippen molar-refractivity contribution >= 4 is 0 Å². The van der Waals surface area contributed by atoms with Crippen LogP contribution in [0.3, 0.4) is 0 Å². The molecule has 0 aliphatic heterocycles. The number of hydrogen-bond donors (Lipinski definition) is 2. The molecular weight excluding hydrogens is 216 g/mol. The molecule has 0 saturated carbocycles. The topological polar surface area (TPSA) is 56.5 Å². The maximum Gasteiger partial charge on any atom is 0.178 e. The molecule has 0 amide bonds. The highest BCUT2D eigenvalue weighted by Gasteiger charge is 2.24. The van der Waals surface area contributed by atoms with Gasteiger partial charge in [-0.3, -0.25) is 5.84 Å².